The van der Waals surface area contributed by atoms with Gasteiger partial charge in [0, 0.05) is 62.9 Å². The van der Waals surface area contributed by atoms with E-state index in [-0.39, 0.29) is 6.04 Å². The third-order valence-electron chi connectivity index (χ3n) is 4.55. The fourth-order valence-electron chi connectivity index (χ4n) is 2.99. The minimum Gasteiger partial charge on any atom is -0.345 e. The molecular formula is C16H20N6O2. The predicted octanol–water partition coefficient (Wildman–Crippen LogP) is -0.119. The van der Waals surface area contributed by atoms with Crippen molar-refractivity contribution in [1.29, 1.82) is 0 Å². The van der Waals surface area contributed by atoms with Crippen LogP contribution in [0.4, 0.5) is 0 Å². The molecule has 0 aromatic carbocycles. The number of nitrogens with zero attached hydrogens (tertiary/aromatic N) is 4. The summed E-state index contributed by atoms with van der Waals surface area (Å²) in [5.74, 6) is -0.864. The van der Waals surface area contributed by atoms with Crippen molar-refractivity contribution in [3.8, 4) is 0 Å². The van der Waals surface area contributed by atoms with E-state index in [4.69, 9.17) is 0 Å². The van der Waals surface area contributed by atoms with Crippen molar-refractivity contribution in [2.24, 2.45) is 0 Å². The van der Waals surface area contributed by atoms with E-state index in [0.29, 0.717) is 13.1 Å². The molecule has 2 amide bonds. The van der Waals surface area contributed by atoms with Crippen molar-refractivity contribution >= 4 is 23.0 Å². The summed E-state index contributed by atoms with van der Waals surface area (Å²) >= 11 is 0. The number of carbonyl (C=O) groups excluding carboxylic acids is 2. The Labute approximate surface area is 139 Å². The molecule has 8 heteroatoms. The zero-order valence-electron chi connectivity index (χ0n) is 13.4. The number of amides is 2. The molecule has 24 heavy (non-hydrogen) atoms. The quantitative estimate of drug-likeness (QED) is 0.766. The normalized spacial score (nSPS) is 18.8. The summed E-state index contributed by atoms with van der Waals surface area (Å²) in [5, 5.41) is 2.76. The van der Waals surface area contributed by atoms with Gasteiger partial charge < -0.3 is 15.2 Å². The van der Waals surface area contributed by atoms with E-state index in [9.17, 15) is 9.59 Å². The van der Waals surface area contributed by atoms with Gasteiger partial charge in [-0.2, -0.15) is 0 Å². The van der Waals surface area contributed by atoms with Crippen LogP contribution in [-0.4, -0.2) is 68.8 Å². The van der Waals surface area contributed by atoms with Gasteiger partial charge in [0.05, 0.1) is 0 Å². The van der Waals surface area contributed by atoms with E-state index < -0.39 is 11.8 Å². The van der Waals surface area contributed by atoms with Gasteiger partial charge in [0.1, 0.15) is 5.52 Å². The molecular weight excluding hydrogens is 308 g/mol. The number of aromatic nitrogens is 3. The van der Waals surface area contributed by atoms with Crippen molar-refractivity contribution in [2.45, 2.75) is 25.4 Å². The molecule has 2 aromatic rings. The second kappa shape index (κ2) is 6.20. The van der Waals surface area contributed by atoms with Crippen LogP contribution >= 0.6 is 0 Å². The van der Waals surface area contributed by atoms with Crippen LogP contribution in [0, 0.1) is 0 Å². The topological polar surface area (TPSA) is 94.2 Å². The smallest absolute Gasteiger partial charge is 0.311 e. The summed E-state index contributed by atoms with van der Waals surface area (Å²) in [7, 11) is 0. The zero-order valence-corrected chi connectivity index (χ0v) is 13.4. The molecule has 0 radical (unpaired) electrons. The Balaban J connectivity index is 1.32. The van der Waals surface area contributed by atoms with Gasteiger partial charge in [-0.15, -0.1) is 0 Å². The van der Waals surface area contributed by atoms with Crippen LogP contribution in [0.5, 0.6) is 0 Å². The molecule has 1 aliphatic heterocycles. The van der Waals surface area contributed by atoms with Gasteiger partial charge in [-0.1, -0.05) is 0 Å². The Hall–Kier alpha value is -2.48. The monoisotopic (exact) mass is 328 g/mol. The molecule has 4 rings (SSSR count). The first-order chi connectivity index (χ1) is 11.7. The molecule has 0 bridgehead atoms. The van der Waals surface area contributed by atoms with E-state index in [1.165, 1.54) is 0 Å². The number of piperazine rings is 1. The van der Waals surface area contributed by atoms with Crippen LogP contribution in [0.1, 0.15) is 18.4 Å². The van der Waals surface area contributed by atoms with Crippen molar-refractivity contribution in [3.05, 3.63) is 24.2 Å². The average molecular weight is 328 g/mol. The van der Waals surface area contributed by atoms with Crippen molar-refractivity contribution in [3.63, 3.8) is 0 Å². The maximum atomic E-state index is 12.1. The highest BCUT2D eigenvalue weighted by Gasteiger charge is 2.30. The third kappa shape index (κ3) is 3.09. The maximum absolute atomic E-state index is 12.1. The summed E-state index contributed by atoms with van der Waals surface area (Å²) < 4.78 is 0. The van der Waals surface area contributed by atoms with Crippen LogP contribution in [0.15, 0.2) is 18.6 Å². The van der Waals surface area contributed by atoms with Crippen LogP contribution in [0.25, 0.3) is 11.2 Å². The molecule has 2 N–H and O–H groups in total. The van der Waals surface area contributed by atoms with Crippen molar-refractivity contribution in [2.75, 3.05) is 26.2 Å². The highest BCUT2D eigenvalue weighted by molar-refractivity contribution is 6.35. The highest BCUT2D eigenvalue weighted by atomic mass is 16.2. The molecule has 126 valence electrons. The number of aromatic amines is 1. The lowest BCUT2D eigenvalue weighted by Gasteiger charge is -2.34. The number of hydrogen-bond donors (Lipinski definition) is 2. The van der Waals surface area contributed by atoms with Crippen LogP contribution < -0.4 is 5.32 Å². The molecule has 0 spiro atoms. The van der Waals surface area contributed by atoms with Crippen LogP contribution in [0.2, 0.25) is 0 Å². The van der Waals surface area contributed by atoms with Gasteiger partial charge in [-0.3, -0.25) is 19.5 Å². The van der Waals surface area contributed by atoms with Crippen molar-refractivity contribution in [1.82, 2.24) is 30.1 Å². The number of rotatable bonds is 3. The van der Waals surface area contributed by atoms with Gasteiger partial charge >= 0.3 is 11.8 Å². The number of carbonyl (C=O) groups is 2. The largest absolute Gasteiger partial charge is 0.345 e. The molecule has 0 unspecified atom stereocenters. The number of fused-ring (bicyclic) bond motifs is 1. The minimum atomic E-state index is -0.460. The van der Waals surface area contributed by atoms with Gasteiger partial charge in [0.25, 0.3) is 0 Å². The fraction of sp³-hybridized carbons (Fsp3) is 0.500. The molecule has 2 fully saturated rings. The first-order valence-electron chi connectivity index (χ1n) is 8.30. The molecule has 1 aliphatic carbocycles. The SMILES string of the molecule is O=C(NC1CC1)C(=O)N1CCN(Cc2c[nH]c3nccnc23)CC1. The predicted molar refractivity (Wildman–Crippen MR) is 86.9 cm³/mol. The lowest BCUT2D eigenvalue weighted by atomic mass is 10.2. The van der Waals surface area contributed by atoms with Crippen LogP contribution in [-0.2, 0) is 16.1 Å². The third-order valence-corrected chi connectivity index (χ3v) is 4.55. The summed E-state index contributed by atoms with van der Waals surface area (Å²) in [5.41, 5.74) is 2.78. The van der Waals surface area contributed by atoms with Gasteiger partial charge in [0.15, 0.2) is 5.65 Å². The molecule has 2 aliphatic rings. The Morgan fingerprint density at radius 3 is 2.67 bits per heavy atom. The Morgan fingerprint density at radius 2 is 1.92 bits per heavy atom. The second-order valence-corrected chi connectivity index (χ2v) is 6.38. The lowest BCUT2D eigenvalue weighted by molar-refractivity contribution is -0.147. The van der Waals surface area contributed by atoms with Crippen LogP contribution in [0.3, 0.4) is 0 Å². The standard InChI is InChI=1S/C16H20N6O2/c23-15(20-12-1-2-12)16(24)22-7-5-21(6-8-22)10-11-9-19-14-13(11)17-3-4-18-14/h3-4,9,12H,1-2,5-8,10H2,(H,18,19)(H,20,23). The number of hydrogen-bond acceptors (Lipinski definition) is 5. The molecule has 8 nitrogen and oxygen atoms in total. The molecule has 0 atom stereocenters. The zero-order chi connectivity index (χ0) is 16.5. The Morgan fingerprint density at radius 1 is 1.17 bits per heavy atom. The summed E-state index contributed by atoms with van der Waals surface area (Å²) in [6, 6.07) is 0.214. The van der Waals surface area contributed by atoms with Crippen molar-refractivity contribution < 1.29 is 9.59 Å². The molecule has 3 heterocycles. The molecule has 1 saturated carbocycles. The summed E-state index contributed by atoms with van der Waals surface area (Å²) in [6.45, 7) is 3.40. The average Bonchev–Trinajstić information content (AvgIpc) is 3.34. The first kappa shape index (κ1) is 15.1. The first-order valence-corrected chi connectivity index (χ1v) is 8.30. The summed E-state index contributed by atoms with van der Waals surface area (Å²) in [6.07, 6.45) is 7.26. The van der Waals surface area contributed by atoms with E-state index in [1.807, 2.05) is 6.20 Å². The van der Waals surface area contributed by atoms with E-state index in [2.05, 4.69) is 25.2 Å². The van der Waals surface area contributed by atoms with Gasteiger partial charge in [-0.05, 0) is 12.8 Å². The van der Waals surface area contributed by atoms with Gasteiger partial charge in [-0.25, -0.2) is 4.98 Å². The Kier molecular flexibility index (Phi) is 3.89. The Bertz CT molecular complexity index is 761. The van der Waals surface area contributed by atoms with Gasteiger partial charge in [0.2, 0.25) is 0 Å². The number of nitrogens with one attached hydrogen (secondary N) is 2. The summed E-state index contributed by atoms with van der Waals surface area (Å²) in [4.78, 5) is 39.6. The van der Waals surface area contributed by atoms with E-state index in [0.717, 1.165) is 49.2 Å². The van der Waals surface area contributed by atoms with E-state index >= 15 is 0 Å². The lowest BCUT2D eigenvalue weighted by Crippen LogP contribution is -2.52. The molecule has 2 aromatic heterocycles. The minimum absolute atomic E-state index is 0.214. The maximum Gasteiger partial charge on any atom is 0.311 e. The molecule has 1 saturated heterocycles. The fourth-order valence-corrected chi connectivity index (χ4v) is 2.99. The highest BCUT2D eigenvalue weighted by Crippen LogP contribution is 2.19. The van der Waals surface area contributed by atoms with E-state index in [1.54, 1.807) is 17.3 Å². The second-order valence-electron chi connectivity index (χ2n) is 6.38. The number of H-pyrrole nitrogens is 1.